The van der Waals surface area contributed by atoms with Crippen LogP contribution in [-0.4, -0.2) is 38.5 Å². The molecule has 1 aliphatic rings. The van der Waals surface area contributed by atoms with Gasteiger partial charge in [-0.25, -0.2) is 0 Å². The normalized spacial score (nSPS) is 18.2. The highest BCUT2D eigenvalue weighted by Gasteiger charge is 2.22. The first-order valence-corrected chi connectivity index (χ1v) is 6.91. The average molecular weight is 265 g/mol. The minimum absolute atomic E-state index is 0.363. The van der Waals surface area contributed by atoms with Crippen molar-refractivity contribution in [3.8, 4) is 5.75 Å². The van der Waals surface area contributed by atoms with Crippen molar-refractivity contribution < 1.29 is 14.6 Å². The second kappa shape index (κ2) is 7.48. The molecule has 0 spiro atoms. The molecule has 0 amide bonds. The molecular weight excluding hydrogens is 242 g/mol. The molecule has 2 N–H and O–H groups in total. The van der Waals surface area contributed by atoms with Crippen LogP contribution in [-0.2, 0) is 4.74 Å². The first kappa shape index (κ1) is 14.3. The van der Waals surface area contributed by atoms with Crippen LogP contribution in [0.3, 0.4) is 0 Å². The van der Waals surface area contributed by atoms with Gasteiger partial charge in [0.1, 0.15) is 12.4 Å². The standard InChI is InChI=1S/C15H23NO3/c1-18-10-11-19-14-4-2-12(3-5-14)15(17)13-6-8-16-9-7-13/h2-5,13,15-17H,6-11H2,1H3. The van der Waals surface area contributed by atoms with Gasteiger partial charge in [-0.2, -0.15) is 0 Å². The van der Waals surface area contributed by atoms with E-state index in [9.17, 15) is 5.11 Å². The van der Waals surface area contributed by atoms with Gasteiger partial charge in [0.05, 0.1) is 12.7 Å². The molecule has 0 bridgehead atoms. The zero-order valence-electron chi connectivity index (χ0n) is 11.5. The first-order valence-electron chi connectivity index (χ1n) is 6.91. The van der Waals surface area contributed by atoms with E-state index in [-0.39, 0.29) is 6.10 Å². The van der Waals surface area contributed by atoms with Gasteiger partial charge >= 0.3 is 0 Å². The van der Waals surface area contributed by atoms with Gasteiger partial charge in [-0.15, -0.1) is 0 Å². The molecule has 1 atom stereocenters. The highest BCUT2D eigenvalue weighted by Crippen LogP contribution is 2.29. The number of nitrogens with one attached hydrogen (secondary N) is 1. The van der Waals surface area contributed by atoms with E-state index >= 15 is 0 Å². The summed E-state index contributed by atoms with van der Waals surface area (Å²) in [7, 11) is 1.65. The summed E-state index contributed by atoms with van der Waals surface area (Å²) in [6.07, 6.45) is 1.70. The van der Waals surface area contributed by atoms with Gasteiger partial charge in [-0.3, -0.25) is 0 Å². The number of methoxy groups -OCH3 is 1. The molecule has 1 aromatic carbocycles. The number of hydrogen-bond donors (Lipinski definition) is 2. The van der Waals surface area contributed by atoms with Crippen molar-refractivity contribution in [3.05, 3.63) is 29.8 Å². The fourth-order valence-corrected chi connectivity index (χ4v) is 2.44. The molecule has 1 saturated heterocycles. The smallest absolute Gasteiger partial charge is 0.119 e. The molecule has 1 aliphatic heterocycles. The van der Waals surface area contributed by atoms with Crippen LogP contribution >= 0.6 is 0 Å². The lowest BCUT2D eigenvalue weighted by Gasteiger charge is -2.27. The van der Waals surface area contributed by atoms with Crippen LogP contribution in [0.1, 0.15) is 24.5 Å². The largest absolute Gasteiger partial charge is 0.491 e. The summed E-state index contributed by atoms with van der Waals surface area (Å²) >= 11 is 0. The van der Waals surface area contributed by atoms with E-state index in [1.54, 1.807) is 7.11 Å². The van der Waals surface area contributed by atoms with E-state index in [0.717, 1.165) is 37.2 Å². The number of ether oxygens (including phenoxy) is 2. The summed E-state index contributed by atoms with van der Waals surface area (Å²) in [6, 6.07) is 7.73. The van der Waals surface area contributed by atoms with Gasteiger partial charge in [0, 0.05) is 7.11 Å². The first-order chi connectivity index (χ1) is 9.31. The molecule has 106 valence electrons. The van der Waals surface area contributed by atoms with Crippen LogP contribution < -0.4 is 10.1 Å². The van der Waals surface area contributed by atoms with Crippen molar-refractivity contribution in [1.82, 2.24) is 5.32 Å². The Morgan fingerprint density at radius 2 is 1.89 bits per heavy atom. The van der Waals surface area contributed by atoms with Crippen LogP contribution in [0.5, 0.6) is 5.75 Å². The van der Waals surface area contributed by atoms with Crippen LogP contribution in [0.15, 0.2) is 24.3 Å². The Morgan fingerprint density at radius 1 is 1.21 bits per heavy atom. The fraction of sp³-hybridized carbons (Fsp3) is 0.600. The Morgan fingerprint density at radius 3 is 2.53 bits per heavy atom. The Bertz CT molecular complexity index is 360. The third-order valence-electron chi connectivity index (χ3n) is 3.61. The lowest BCUT2D eigenvalue weighted by molar-refractivity contribution is 0.0888. The molecule has 1 unspecified atom stereocenters. The number of piperidine rings is 1. The van der Waals surface area contributed by atoms with E-state index in [2.05, 4.69) is 5.32 Å². The number of aliphatic hydroxyl groups is 1. The lowest BCUT2D eigenvalue weighted by Crippen LogP contribution is -2.30. The second-order valence-electron chi connectivity index (χ2n) is 4.94. The predicted octanol–water partition coefficient (Wildman–Crippen LogP) is 1.74. The maximum atomic E-state index is 10.4. The van der Waals surface area contributed by atoms with Crippen LogP contribution in [0, 0.1) is 5.92 Å². The van der Waals surface area contributed by atoms with Crippen LogP contribution in [0.4, 0.5) is 0 Å². The van der Waals surface area contributed by atoms with Crippen molar-refractivity contribution in [3.63, 3.8) is 0 Å². The van der Waals surface area contributed by atoms with Gasteiger partial charge in [0.25, 0.3) is 0 Å². The van der Waals surface area contributed by atoms with Crippen molar-refractivity contribution in [1.29, 1.82) is 0 Å². The van der Waals surface area contributed by atoms with E-state index in [1.807, 2.05) is 24.3 Å². The van der Waals surface area contributed by atoms with E-state index in [4.69, 9.17) is 9.47 Å². The van der Waals surface area contributed by atoms with Crippen molar-refractivity contribution in [2.75, 3.05) is 33.4 Å². The SMILES string of the molecule is COCCOc1ccc(C(O)C2CCNCC2)cc1. The zero-order chi connectivity index (χ0) is 13.5. The van der Waals surface area contributed by atoms with Crippen molar-refractivity contribution >= 4 is 0 Å². The van der Waals surface area contributed by atoms with Crippen LogP contribution in [0.25, 0.3) is 0 Å². The molecule has 0 aromatic heterocycles. The highest BCUT2D eigenvalue weighted by molar-refractivity contribution is 5.28. The minimum atomic E-state index is -0.366. The number of hydrogen-bond acceptors (Lipinski definition) is 4. The average Bonchev–Trinajstić information content (AvgIpc) is 2.48. The number of rotatable bonds is 6. The number of aliphatic hydroxyl groups excluding tert-OH is 1. The molecule has 4 nitrogen and oxygen atoms in total. The maximum Gasteiger partial charge on any atom is 0.119 e. The van der Waals surface area contributed by atoms with Gasteiger partial charge in [-0.1, -0.05) is 12.1 Å². The molecule has 1 heterocycles. The zero-order valence-corrected chi connectivity index (χ0v) is 11.5. The highest BCUT2D eigenvalue weighted by atomic mass is 16.5. The molecule has 4 heteroatoms. The Hall–Kier alpha value is -1.10. The van der Waals surface area contributed by atoms with Crippen molar-refractivity contribution in [2.24, 2.45) is 5.92 Å². The summed E-state index contributed by atoms with van der Waals surface area (Å²) in [5.74, 6) is 1.18. The molecule has 1 fully saturated rings. The Kier molecular flexibility index (Phi) is 5.63. The maximum absolute atomic E-state index is 10.4. The predicted molar refractivity (Wildman–Crippen MR) is 74.4 cm³/mol. The van der Waals surface area contributed by atoms with Gasteiger partial charge in [0.15, 0.2) is 0 Å². The topological polar surface area (TPSA) is 50.7 Å². The summed E-state index contributed by atoms with van der Waals surface area (Å²) in [6.45, 7) is 3.13. The fourth-order valence-electron chi connectivity index (χ4n) is 2.44. The quantitative estimate of drug-likeness (QED) is 0.769. The van der Waals surface area contributed by atoms with Crippen molar-refractivity contribution in [2.45, 2.75) is 18.9 Å². The van der Waals surface area contributed by atoms with Gasteiger partial charge < -0.3 is 19.9 Å². The van der Waals surface area contributed by atoms with Crippen LogP contribution in [0.2, 0.25) is 0 Å². The van der Waals surface area contributed by atoms with E-state index < -0.39 is 0 Å². The van der Waals surface area contributed by atoms with Gasteiger partial charge in [-0.05, 0) is 49.5 Å². The molecule has 0 radical (unpaired) electrons. The number of benzene rings is 1. The third-order valence-corrected chi connectivity index (χ3v) is 3.61. The molecule has 2 rings (SSSR count). The third kappa shape index (κ3) is 4.20. The summed E-state index contributed by atoms with van der Waals surface area (Å²) in [5, 5.41) is 13.7. The second-order valence-corrected chi connectivity index (χ2v) is 4.94. The summed E-state index contributed by atoms with van der Waals surface area (Å²) in [4.78, 5) is 0. The van der Waals surface area contributed by atoms with E-state index in [1.165, 1.54) is 0 Å². The Balaban J connectivity index is 1.89. The molecule has 0 saturated carbocycles. The Labute approximate surface area is 114 Å². The van der Waals surface area contributed by atoms with Gasteiger partial charge in [0.2, 0.25) is 0 Å². The van der Waals surface area contributed by atoms with E-state index in [0.29, 0.717) is 19.1 Å². The summed E-state index contributed by atoms with van der Waals surface area (Å²) in [5.41, 5.74) is 0.978. The monoisotopic (exact) mass is 265 g/mol. The minimum Gasteiger partial charge on any atom is -0.491 e. The molecule has 19 heavy (non-hydrogen) atoms. The molecule has 1 aromatic rings. The molecular formula is C15H23NO3. The summed E-state index contributed by atoms with van der Waals surface area (Å²) < 4.78 is 10.4. The lowest BCUT2D eigenvalue weighted by atomic mass is 9.88. The molecule has 0 aliphatic carbocycles.